The van der Waals surface area contributed by atoms with Crippen molar-refractivity contribution in [3.05, 3.63) is 0 Å². The van der Waals surface area contributed by atoms with Gasteiger partial charge in [-0.15, -0.1) is 0 Å². The van der Waals surface area contributed by atoms with Crippen molar-refractivity contribution < 1.29 is 19.1 Å². The number of carbonyl (C=O) groups is 3. The van der Waals surface area contributed by atoms with E-state index in [1.54, 1.807) is 13.8 Å². The largest absolute Gasteiger partial charge is 0.361 e. The molecule has 138 valence electrons. The highest BCUT2D eigenvalue weighted by molar-refractivity contribution is 5.98. The molecule has 1 fully saturated rings. The van der Waals surface area contributed by atoms with Crippen LogP contribution in [0.2, 0.25) is 0 Å². The Labute approximate surface area is 144 Å². The van der Waals surface area contributed by atoms with Crippen molar-refractivity contribution in [3.63, 3.8) is 0 Å². The number of hydrogen-bond acceptors (Lipinski definition) is 5. The number of nitrogens with two attached hydrogens (primary N) is 1. The number of epoxide rings is 1. The van der Waals surface area contributed by atoms with Crippen LogP contribution in [0, 0.1) is 11.8 Å². The lowest BCUT2D eigenvalue weighted by molar-refractivity contribution is -0.133. The fraction of sp³-hybridized carbons (Fsp3) is 0.824. The Hall–Kier alpha value is -1.47. The highest BCUT2D eigenvalue weighted by Gasteiger charge is 2.50. The van der Waals surface area contributed by atoms with E-state index < -0.39 is 29.6 Å². The SMILES string of the molecule is CC(C)C[C@H](NC(=O)[C@H](C)NC(=O)[C@@H](N)C(C)C)C(=O)[C@@]1(C)CO1. The average molecular weight is 341 g/mol. The van der Waals surface area contributed by atoms with E-state index in [9.17, 15) is 14.4 Å². The van der Waals surface area contributed by atoms with E-state index in [2.05, 4.69) is 10.6 Å². The molecule has 1 saturated heterocycles. The van der Waals surface area contributed by atoms with E-state index in [-0.39, 0.29) is 23.5 Å². The maximum absolute atomic E-state index is 12.5. The minimum absolute atomic E-state index is 0.0255. The molecule has 0 bridgehead atoms. The first-order valence-electron chi connectivity index (χ1n) is 8.52. The fourth-order valence-corrected chi connectivity index (χ4v) is 2.30. The van der Waals surface area contributed by atoms with Gasteiger partial charge in [0, 0.05) is 0 Å². The standard InChI is InChI=1S/C17H31N3O4/c1-9(2)7-12(14(21)17(6)8-24-17)20-15(22)11(5)19-16(23)13(18)10(3)4/h9-13H,7-8,18H2,1-6H3,(H,19,23)(H,20,22)/t11-,12-,13-,17+/m0/s1. The molecule has 0 unspecified atom stereocenters. The monoisotopic (exact) mass is 341 g/mol. The Bertz CT molecular complexity index is 486. The Morgan fingerprint density at radius 1 is 1.08 bits per heavy atom. The van der Waals surface area contributed by atoms with Gasteiger partial charge in [0.05, 0.1) is 18.7 Å². The molecule has 0 spiro atoms. The van der Waals surface area contributed by atoms with Gasteiger partial charge in [0.1, 0.15) is 11.6 Å². The zero-order valence-corrected chi connectivity index (χ0v) is 15.5. The van der Waals surface area contributed by atoms with Crippen LogP contribution >= 0.6 is 0 Å². The summed E-state index contributed by atoms with van der Waals surface area (Å²) in [5.74, 6) is -0.690. The Morgan fingerprint density at radius 3 is 2.04 bits per heavy atom. The predicted octanol–water partition coefficient (Wildman–Crippen LogP) is 0.363. The summed E-state index contributed by atoms with van der Waals surface area (Å²) in [6.07, 6.45) is 0.524. The molecule has 0 radical (unpaired) electrons. The molecule has 0 aromatic heterocycles. The summed E-state index contributed by atoms with van der Waals surface area (Å²) in [6, 6.07) is -2.06. The van der Waals surface area contributed by atoms with Crippen LogP contribution in [0.4, 0.5) is 0 Å². The van der Waals surface area contributed by atoms with Crippen LogP contribution in [0.1, 0.15) is 48.0 Å². The smallest absolute Gasteiger partial charge is 0.242 e. The molecule has 1 aliphatic rings. The van der Waals surface area contributed by atoms with E-state index in [1.807, 2.05) is 27.7 Å². The number of nitrogens with one attached hydrogen (secondary N) is 2. The van der Waals surface area contributed by atoms with Gasteiger partial charge < -0.3 is 21.1 Å². The molecule has 7 nitrogen and oxygen atoms in total. The summed E-state index contributed by atoms with van der Waals surface area (Å²) < 4.78 is 5.20. The van der Waals surface area contributed by atoms with Crippen molar-refractivity contribution in [2.45, 2.75) is 71.7 Å². The number of ether oxygens (including phenoxy) is 1. The minimum atomic E-state index is -0.792. The normalized spacial score (nSPS) is 23.5. The number of hydrogen-bond donors (Lipinski definition) is 3. The molecule has 0 aliphatic carbocycles. The molecule has 1 rings (SSSR count). The zero-order chi connectivity index (χ0) is 18.7. The molecule has 4 N–H and O–H groups in total. The van der Waals surface area contributed by atoms with Gasteiger partial charge in [-0.25, -0.2) is 0 Å². The molecular weight excluding hydrogens is 310 g/mol. The third kappa shape index (κ3) is 5.56. The molecule has 4 atom stereocenters. The van der Waals surface area contributed by atoms with Crippen LogP contribution in [-0.4, -0.2) is 47.9 Å². The molecule has 2 amide bonds. The molecule has 0 aromatic carbocycles. The summed E-state index contributed by atoms with van der Waals surface area (Å²) >= 11 is 0. The summed E-state index contributed by atoms with van der Waals surface area (Å²) in [7, 11) is 0. The number of rotatable bonds is 9. The van der Waals surface area contributed by atoms with Gasteiger partial charge in [-0.3, -0.25) is 14.4 Å². The lowest BCUT2D eigenvalue weighted by Gasteiger charge is -2.24. The van der Waals surface area contributed by atoms with Crippen molar-refractivity contribution in [2.75, 3.05) is 6.61 Å². The van der Waals surface area contributed by atoms with Crippen molar-refractivity contribution in [3.8, 4) is 0 Å². The Morgan fingerprint density at radius 2 is 1.62 bits per heavy atom. The van der Waals surface area contributed by atoms with Crippen LogP contribution in [0.15, 0.2) is 0 Å². The molecule has 0 aromatic rings. The fourth-order valence-electron chi connectivity index (χ4n) is 2.30. The third-order valence-electron chi connectivity index (χ3n) is 4.21. The van der Waals surface area contributed by atoms with Gasteiger partial charge in [-0.05, 0) is 32.1 Å². The van der Waals surface area contributed by atoms with Crippen molar-refractivity contribution in [2.24, 2.45) is 17.6 Å². The van der Waals surface area contributed by atoms with E-state index in [4.69, 9.17) is 10.5 Å². The quantitative estimate of drug-likeness (QED) is 0.524. The average Bonchev–Trinajstić information content (AvgIpc) is 3.23. The van der Waals surface area contributed by atoms with Crippen LogP contribution < -0.4 is 16.4 Å². The van der Waals surface area contributed by atoms with Gasteiger partial charge in [0.2, 0.25) is 11.8 Å². The van der Waals surface area contributed by atoms with Crippen LogP contribution in [0.5, 0.6) is 0 Å². The second-order valence-electron chi connectivity index (χ2n) is 7.57. The molecule has 1 aliphatic heterocycles. The van der Waals surface area contributed by atoms with Gasteiger partial charge in [0.25, 0.3) is 0 Å². The maximum Gasteiger partial charge on any atom is 0.242 e. The van der Waals surface area contributed by atoms with Crippen molar-refractivity contribution >= 4 is 17.6 Å². The lowest BCUT2D eigenvalue weighted by Crippen LogP contribution is -2.55. The van der Waals surface area contributed by atoms with Gasteiger partial charge in [0.15, 0.2) is 5.78 Å². The maximum atomic E-state index is 12.5. The number of carbonyl (C=O) groups excluding carboxylic acids is 3. The summed E-state index contributed by atoms with van der Waals surface area (Å²) in [6.45, 7) is 11.3. The summed E-state index contributed by atoms with van der Waals surface area (Å²) in [5, 5.41) is 5.34. The Balaban J connectivity index is 2.66. The van der Waals surface area contributed by atoms with Crippen molar-refractivity contribution in [1.29, 1.82) is 0 Å². The van der Waals surface area contributed by atoms with Crippen LogP contribution in [0.25, 0.3) is 0 Å². The number of Topliss-reactive ketones (excluding diaryl/α,β-unsaturated/α-hetero) is 1. The topological polar surface area (TPSA) is 114 Å². The minimum Gasteiger partial charge on any atom is -0.361 e. The van der Waals surface area contributed by atoms with Crippen LogP contribution in [0.3, 0.4) is 0 Å². The molecule has 7 heteroatoms. The molecule has 1 heterocycles. The van der Waals surface area contributed by atoms with E-state index in [0.29, 0.717) is 13.0 Å². The first-order valence-corrected chi connectivity index (χ1v) is 8.52. The first-order chi connectivity index (χ1) is 11.0. The highest BCUT2D eigenvalue weighted by atomic mass is 16.6. The Kier molecular flexibility index (Phi) is 6.92. The highest BCUT2D eigenvalue weighted by Crippen LogP contribution is 2.29. The molecule has 24 heavy (non-hydrogen) atoms. The second-order valence-corrected chi connectivity index (χ2v) is 7.57. The first kappa shape index (κ1) is 20.6. The second kappa shape index (κ2) is 8.07. The van der Waals surface area contributed by atoms with Gasteiger partial charge >= 0.3 is 0 Å². The molecule has 0 saturated carbocycles. The van der Waals surface area contributed by atoms with E-state index in [0.717, 1.165) is 0 Å². The van der Waals surface area contributed by atoms with Gasteiger partial charge in [-0.1, -0.05) is 27.7 Å². The van der Waals surface area contributed by atoms with Crippen molar-refractivity contribution in [1.82, 2.24) is 10.6 Å². The third-order valence-corrected chi connectivity index (χ3v) is 4.21. The number of amides is 2. The van der Waals surface area contributed by atoms with E-state index >= 15 is 0 Å². The molecular formula is C17H31N3O4. The lowest BCUT2D eigenvalue weighted by atomic mass is 9.93. The summed E-state index contributed by atoms with van der Waals surface area (Å²) in [4.78, 5) is 36.8. The van der Waals surface area contributed by atoms with Gasteiger partial charge in [-0.2, -0.15) is 0 Å². The summed E-state index contributed by atoms with van der Waals surface area (Å²) in [5.41, 5.74) is 4.98. The van der Waals surface area contributed by atoms with Crippen LogP contribution in [-0.2, 0) is 19.1 Å². The predicted molar refractivity (Wildman–Crippen MR) is 91.2 cm³/mol. The zero-order valence-electron chi connectivity index (χ0n) is 15.5. The number of ketones is 1. The van der Waals surface area contributed by atoms with E-state index in [1.165, 1.54) is 0 Å².